The Morgan fingerprint density at radius 1 is 1.48 bits per heavy atom. The minimum Gasteiger partial charge on any atom is -0.481 e. The lowest BCUT2D eigenvalue weighted by Gasteiger charge is -2.38. The predicted octanol–water partition coefficient (Wildman–Crippen LogP) is 2.32. The summed E-state index contributed by atoms with van der Waals surface area (Å²) >= 11 is 1.49. The van der Waals surface area contributed by atoms with Crippen molar-refractivity contribution in [1.29, 1.82) is 0 Å². The summed E-state index contributed by atoms with van der Waals surface area (Å²) in [6.07, 6.45) is 2.58. The Labute approximate surface area is 128 Å². The molecule has 0 aromatic carbocycles. The Morgan fingerprint density at radius 2 is 2.19 bits per heavy atom. The third-order valence-corrected chi connectivity index (χ3v) is 4.73. The van der Waals surface area contributed by atoms with Crippen LogP contribution in [0.2, 0.25) is 0 Å². The first-order valence-corrected chi connectivity index (χ1v) is 8.15. The highest BCUT2D eigenvalue weighted by molar-refractivity contribution is 7.07. The van der Waals surface area contributed by atoms with Crippen molar-refractivity contribution in [3.63, 3.8) is 0 Å². The number of piperidine rings is 1. The molecule has 0 saturated carbocycles. The van der Waals surface area contributed by atoms with E-state index >= 15 is 0 Å². The van der Waals surface area contributed by atoms with Crippen LogP contribution in [-0.2, 0) is 11.3 Å². The number of hydrogen-bond acceptors (Lipinski definition) is 4. The van der Waals surface area contributed by atoms with E-state index in [2.05, 4.69) is 10.3 Å². The van der Waals surface area contributed by atoms with Gasteiger partial charge in [0.05, 0.1) is 23.2 Å². The van der Waals surface area contributed by atoms with Crippen LogP contribution < -0.4 is 5.32 Å². The molecule has 1 aliphatic heterocycles. The summed E-state index contributed by atoms with van der Waals surface area (Å²) < 4.78 is 0. The van der Waals surface area contributed by atoms with Crippen LogP contribution in [0, 0.1) is 5.41 Å². The second-order valence-corrected chi connectivity index (χ2v) is 6.18. The van der Waals surface area contributed by atoms with Gasteiger partial charge in [-0.2, -0.15) is 0 Å². The molecule has 0 atom stereocenters. The summed E-state index contributed by atoms with van der Waals surface area (Å²) in [5, 5.41) is 14.2. The van der Waals surface area contributed by atoms with E-state index in [1.807, 2.05) is 12.3 Å². The second kappa shape index (κ2) is 6.89. The van der Waals surface area contributed by atoms with Crippen LogP contribution in [-0.4, -0.2) is 40.1 Å². The van der Waals surface area contributed by atoms with Gasteiger partial charge < -0.3 is 15.3 Å². The van der Waals surface area contributed by atoms with Crippen LogP contribution in [0.25, 0.3) is 0 Å². The third-order valence-electron chi connectivity index (χ3n) is 4.09. The zero-order valence-electron chi connectivity index (χ0n) is 12.2. The summed E-state index contributed by atoms with van der Waals surface area (Å²) in [5.41, 5.74) is 1.92. The lowest BCUT2D eigenvalue weighted by Crippen LogP contribution is -2.49. The van der Waals surface area contributed by atoms with Gasteiger partial charge in [0.25, 0.3) is 0 Å². The Balaban J connectivity index is 1.85. The van der Waals surface area contributed by atoms with E-state index in [0.717, 1.165) is 12.1 Å². The van der Waals surface area contributed by atoms with Crippen molar-refractivity contribution in [2.24, 2.45) is 5.41 Å². The first kappa shape index (κ1) is 15.8. The quantitative estimate of drug-likeness (QED) is 0.874. The summed E-state index contributed by atoms with van der Waals surface area (Å²) in [6, 6.07) is -0.140. The number of thiazole rings is 1. The maximum Gasteiger partial charge on any atom is 0.317 e. The fraction of sp³-hybridized carbons (Fsp3) is 0.643. The normalized spacial score (nSPS) is 17.5. The Bertz CT molecular complexity index is 482. The number of carboxylic acid groups (broad SMARTS) is 1. The molecule has 0 radical (unpaired) electrons. The molecule has 21 heavy (non-hydrogen) atoms. The molecule has 0 bridgehead atoms. The molecule has 2 N–H and O–H groups in total. The van der Waals surface area contributed by atoms with Crippen molar-refractivity contribution >= 4 is 23.3 Å². The van der Waals surface area contributed by atoms with E-state index in [-0.39, 0.29) is 6.03 Å². The zero-order chi connectivity index (χ0) is 15.3. The molecule has 2 rings (SSSR count). The van der Waals surface area contributed by atoms with E-state index < -0.39 is 11.4 Å². The van der Waals surface area contributed by atoms with Crippen molar-refractivity contribution in [3.8, 4) is 0 Å². The van der Waals surface area contributed by atoms with Gasteiger partial charge in [0.2, 0.25) is 0 Å². The van der Waals surface area contributed by atoms with Crippen LogP contribution in [0.5, 0.6) is 0 Å². The molecule has 0 unspecified atom stereocenters. The molecule has 0 aliphatic carbocycles. The molecule has 1 aromatic heterocycles. The second-order valence-electron chi connectivity index (χ2n) is 5.46. The number of hydrogen-bond donors (Lipinski definition) is 2. The highest BCUT2D eigenvalue weighted by Crippen LogP contribution is 2.36. The zero-order valence-corrected chi connectivity index (χ0v) is 13.0. The van der Waals surface area contributed by atoms with E-state index in [9.17, 15) is 14.7 Å². The van der Waals surface area contributed by atoms with Crippen LogP contribution in [0.4, 0.5) is 4.79 Å². The van der Waals surface area contributed by atoms with Gasteiger partial charge in [0, 0.05) is 18.5 Å². The fourth-order valence-corrected chi connectivity index (χ4v) is 3.35. The van der Waals surface area contributed by atoms with Gasteiger partial charge in [0.1, 0.15) is 0 Å². The van der Waals surface area contributed by atoms with Crippen LogP contribution in [0.3, 0.4) is 0 Å². The van der Waals surface area contributed by atoms with Gasteiger partial charge in [0.15, 0.2) is 0 Å². The lowest BCUT2D eigenvalue weighted by molar-refractivity contribution is -0.152. The smallest absolute Gasteiger partial charge is 0.317 e. The average Bonchev–Trinajstić information content (AvgIpc) is 2.99. The summed E-state index contributed by atoms with van der Waals surface area (Å²) in [7, 11) is 0. The molecule has 1 aromatic rings. The van der Waals surface area contributed by atoms with Crippen molar-refractivity contribution in [1.82, 2.24) is 15.2 Å². The van der Waals surface area contributed by atoms with Crippen LogP contribution >= 0.6 is 11.3 Å². The number of likely N-dealkylation sites (tertiary alicyclic amines) is 1. The van der Waals surface area contributed by atoms with Crippen LogP contribution in [0.15, 0.2) is 10.9 Å². The molecule has 7 heteroatoms. The summed E-state index contributed by atoms with van der Waals surface area (Å²) in [6.45, 7) is 3.40. The fourth-order valence-electron chi connectivity index (χ4n) is 2.79. The van der Waals surface area contributed by atoms with Gasteiger partial charge >= 0.3 is 12.0 Å². The van der Waals surface area contributed by atoms with Gasteiger partial charge in [-0.1, -0.05) is 13.3 Å². The number of aromatic nitrogens is 1. The van der Waals surface area contributed by atoms with Crippen molar-refractivity contribution < 1.29 is 14.7 Å². The van der Waals surface area contributed by atoms with E-state index in [1.54, 1.807) is 10.4 Å². The van der Waals surface area contributed by atoms with Crippen molar-refractivity contribution in [3.05, 3.63) is 16.6 Å². The molecule has 1 fully saturated rings. The predicted molar refractivity (Wildman–Crippen MR) is 80.1 cm³/mol. The Morgan fingerprint density at radius 3 is 2.71 bits per heavy atom. The number of amides is 2. The van der Waals surface area contributed by atoms with Gasteiger partial charge in [-0.15, -0.1) is 11.3 Å². The molecule has 0 spiro atoms. The maximum atomic E-state index is 12.1. The number of carbonyl (C=O) groups excluding carboxylic acids is 1. The van der Waals surface area contributed by atoms with Crippen molar-refractivity contribution in [2.75, 3.05) is 13.1 Å². The SMILES string of the molecule is CCCC1(C(=O)O)CCN(C(=O)NCc2cscn2)CC1. The number of carboxylic acids is 1. The number of carbonyl (C=O) groups is 2. The standard InChI is InChI=1S/C14H21N3O3S/c1-2-3-14(12(18)19)4-6-17(7-5-14)13(20)15-8-11-9-21-10-16-11/h9-10H,2-8H2,1H3,(H,15,20)(H,18,19). The Hall–Kier alpha value is -1.63. The van der Waals surface area contributed by atoms with E-state index in [0.29, 0.717) is 38.9 Å². The van der Waals surface area contributed by atoms with Crippen LogP contribution in [0.1, 0.15) is 38.3 Å². The number of nitrogens with one attached hydrogen (secondary N) is 1. The maximum absolute atomic E-state index is 12.1. The largest absolute Gasteiger partial charge is 0.481 e. The topological polar surface area (TPSA) is 82.5 Å². The molecule has 2 amide bonds. The number of aliphatic carboxylic acids is 1. The molecular formula is C14H21N3O3S. The number of rotatable bonds is 5. The lowest BCUT2D eigenvalue weighted by atomic mass is 9.75. The third kappa shape index (κ3) is 3.72. The van der Waals surface area contributed by atoms with Gasteiger partial charge in [-0.25, -0.2) is 9.78 Å². The molecular weight excluding hydrogens is 290 g/mol. The summed E-state index contributed by atoms with van der Waals surface area (Å²) in [5.74, 6) is -0.730. The highest BCUT2D eigenvalue weighted by atomic mass is 32.1. The first-order valence-electron chi connectivity index (χ1n) is 7.20. The molecule has 2 heterocycles. The van der Waals surface area contributed by atoms with Gasteiger partial charge in [-0.3, -0.25) is 4.79 Å². The monoisotopic (exact) mass is 311 g/mol. The highest BCUT2D eigenvalue weighted by Gasteiger charge is 2.41. The Kier molecular flexibility index (Phi) is 5.17. The summed E-state index contributed by atoms with van der Waals surface area (Å²) in [4.78, 5) is 29.4. The minimum absolute atomic E-state index is 0.140. The molecule has 1 aliphatic rings. The first-order chi connectivity index (χ1) is 10.1. The molecule has 1 saturated heterocycles. The van der Waals surface area contributed by atoms with E-state index in [1.165, 1.54) is 11.3 Å². The average molecular weight is 311 g/mol. The van der Waals surface area contributed by atoms with Crippen molar-refractivity contribution in [2.45, 2.75) is 39.2 Å². The molecule has 6 nitrogen and oxygen atoms in total. The number of urea groups is 1. The van der Waals surface area contributed by atoms with E-state index in [4.69, 9.17) is 0 Å². The molecule has 116 valence electrons. The number of nitrogens with zero attached hydrogens (tertiary/aromatic N) is 2. The van der Waals surface area contributed by atoms with Gasteiger partial charge in [-0.05, 0) is 19.3 Å². The minimum atomic E-state index is -0.730.